The molecule has 2 nitrogen and oxygen atoms in total. The Kier molecular flexibility index (Phi) is 3.73. The van der Waals surface area contributed by atoms with Gasteiger partial charge in [0.1, 0.15) is 0 Å². The molecule has 0 aliphatic heterocycles. The van der Waals surface area contributed by atoms with Gasteiger partial charge in [-0.25, -0.2) is 0 Å². The van der Waals surface area contributed by atoms with Gasteiger partial charge in [-0.1, -0.05) is 25.8 Å². The molecule has 1 aromatic heterocycles. The van der Waals surface area contributed by atoms with Gasteiger partial charge in [-0.2, -0.15) is 0 Å². The van der Waals surface area contributed by atoms with Crippen LogP contribution in [0.5, 0.6) is 0 Å². The highest BCUT2D eigenvalue weighted by Crippen LogP contribution is 2.23. The average molecular weight is 204 g/mol. The molecule has 0 saturated heterocycles. The van der Waals surface area contributed by atoms with Crippen molar-refractivity contribution in [1.82, 2.24) is 10.3 Å². The molecule has 1 aliphatic carbocycles. The van der Waals surface area contributed by atoms with Gasteiger partial charge in [-0.05, 0) is 30.4 Å². The van der Waals surface area contributed by atoms with Crippen molar-refractivity contribution in [2.24, 2.45) is 5.92 Å². The number of nitrogens with one attached hydrogen (secondary N) is 1. The Hall–Kier alpha value is -0.890. The van der Waals surface area contributed by atoms with Crippen LogP contribution in [-0.2, 0) is 6.54 Å². The summed E-state index contributed by atoms with van der Waals surface area (Å²) in [6.07, 6.45) is 9.28. The van der Waals surface area contributed by atoms with Gasteiger partial charge >= 0.3 is 0 Å². The van der Waals surface area contributed by atoms with Crippen molar-refractivity contribution in [2.45, 2.75) is 45.2 Å². The van der Waals surface area contributed by atoms with Crippen LogP contribution in [0.3, 0.4) is 0 Å². The number of nitrogens with zero attached hydrogens (tertiary/aromatic N) is 1. The molecule has 0 aromatic carbocycles. The largest absolute Gasteiger partial charge is 0.310 e. The first-order valence-corrected chi connectivity index (χ1v) is 5.98. The third-order valence-electron chi connectivity index (χ3n) is 3.40. The Balaban J connectivity index is 1.82. The molecule has 2 heteroatoms. The highest BCUT2D eigenvalue weighted by molar-refractivity contribution is 5.08. The summed E-state index contributed by atoms with van der Waals surface area (Å²) in [7, 11) is 0. The molecule has 0 radical (unpaired) electrons. The van der Waals surface area contributed by atoms with E-state index in [1.165, 1.54) is 31.2 Å². The van der Waals surface area contributed by atoms with Gasteiger partial charge in [0, 0.05) is 25.0 Å². The quantitative estimate of drug-likeness (QED) is 0.819. The summed E-state index contributed by atoms with van der Waals surface area (Å²) in [5.41, 5.74) is 1.29. The summed E-state index contributed by atoms with van der Waals surface area (Å²) < 4.78 is 0. The Bertz CT molecular complexity index is 284. The first-order chi connectivity index (χ1) is 7.36. The van der Waals surface area contributed by atoms with Crippen LogP contribution in [0.4, 0.5) is 0 Å². The predicted octanol–water partition coefficient (Wildman–Crippen LogP) is 2.75. The lowest BCUT2D eigenvalue weighted by molar-refractivity contribution is 0.279. The SMILES string of the molecule is C[C@@H]1CCCC[C@@H]1NCc1cccnc1. The van der Waals surface area contributed by atoms with Crippen LogP contribution < -0.4 is 5.32 Å². The molecule has 1 heterocycles. The Morgan fingerprint density at radius 2 is 2.27 bits per heavy atom. The lowest BCUT2D eigenvalue weighted by atomic mass is 9.86. The van der Waals surface area contributed by atoms with Crippen molar-refractivity contribution in [2.75, 3.05) is 0 Å². The fourth-order valence-electron chi connectivity index (χ4n) is 2.37. The lowest BCUT2D eigenvalue weighted by Gasteiger charge is -2.29. The maximum Gasteiger partial charge on any atom is 0.0312 e. The maximum atomic E-state index is 4.13. The standard InChI is InChI=1S/C13H20N2/c1-11-5-2-3-7-13(11)15-10-12-6-4-8-14-9-12/h4,6,8-9,11,13,15H,2-3,5,7,10H2,1H3/t11-,13+/m1/s1. The van der Waals surface area contributed by atoms with Crippen LogP contribution in [0.2, 0.25) is 0 Å². The topological polar surface area (TPSA) is 24.9 Å². The van der Waals surface area contributed by atoms with E-state index in [0.717, 1.165) is 12.5 Å². The fraction of sp³-hybridized carbons (Fsp3) is 0.615. The normalized spacial score (nSPS) is 26.5. The second-order valence-electron chi connectivity index (χ2n) is 4.61. The molecule has 0 amide bonds. The van der Waals surface area contributed by atoms with E-state index in [1.54, 1.807) is 0 Å². The van der Waals surface area contributed by atoms with Crippen LogP contribution in [0.15, 0.2) is 24.5 Å². The third kappa shape index (κ3) is 3.03. The van der Waals surface area contributed by atoms with Gasteiger partial charge in [0.25, 0.3) is 0 Å². The van der Waals surface area contributed by atoms with E-state index in [4.69, 9.17) is 0 Å². The number of rotatable bonds is 3. The molecule has 1 fully saturated rings. The molecular formula is C13H20N2. The third-order valence-corrected chi connectivity index (χ3v) is 3.40. The van der Waals surface area contributed by atoms with Crippen molar-refractivity contribution < 1.29 is 0 Å². The maximum absolute atomic E-state index is 4.13. The van der Waals surface area contributed by atoms with Crippen LogP contribution in [0.25, 0.3) is 0 Å². The van der Waals surface area contributed by atoms with Gasteiger partial charge in [0.2, 0.25) is 0 Å². The highest BCUT2D eigenvalue weighted by atomic mass is 14.9. The summed E-state index contributed by atoms with van der Waals surface area (Å²) in [6.45, 7) is 3.32. The highest BCUT2D eigenvalue weighted by Gasteiger charge is 2.20. The number of pyridine rings is 1. The fourth-order valence-corrected chi connectivity index (χ4v) is 2.37. The molecule has 2 atom stereocenters. The van der Waals surface area contributed by atoms with E-state index >= 15 is 0 Å². The summed E-state index contributed by atoms with van der Waals surface area (Å²) in [5.74, 6) is 0.829. The second kappa shape index (κ2) is 5.26. The smallest absolute Gasteiger partial charge is 0.0312 e. The second-order valence-corrected chi connectivity index (χ2v) is 4.61. The van der Waals surface area contributed by atoms with E-state index in [9.17, 15) is 0 Å². The number of hydrogen-bond acceptors (Lipinski definition) is 2. The van der Waals surface area contributed by atoms with E-state index in [-0.39, 0.29) is 0 Å². The molecular weight excluding hydrogens is 184 g/mol. The Morgan fingerprint density at radius 3 is 3.00 bits per heavy atom. The number of aromatic nitrogens is 1. The van der Waals surface area contributed by atoms with E-state index in [2.05, 4.69) is 23.3 Å². The summed E-state index contributed by atoms with van der Waals surface area (Å²) in [6, 6.07) is 4.84. The lowest BCUT2D eigenvalue weighted by Crippen LogP contribution is -2.36. The zero-order chi connectivity index (χ0) is 10.5. The van der Waals surface area contributed by atoms with Crippen LogP contribution in [-0.4, -0.2) is 11.0 Å². The molecule has 0 spiro atoms. The summed E-state index contributed by atoms with van der Waals surface area (Å²) in [4.78, 5) is 4.13. The van der Waals surface area contributed by atoms with Crippen LogP contribution in [0, 0.1) is 5.92 Å². The van der Waals surface area contributed by atoms with Gasteiger partial charge in [-0.15, -0.1) is 0 Å². The molecule has 1 aliphatic rings. The monoisotopic (exact) mass is 204 g/mol. The van der Waals surface area contributed by atoms with Crippen molar-refractivity contribution in [1.29, 1.82) is 0 Å². The first kappa shape index (κ1) is 10.6. The van der Waals surface area contributed by atoms with Crippen LogP contribution in [0.1, 0.15) is 38.2 Å². The molecule has 15 heavy (non-hydrogen) atoms. The van der Waals surface area contributed by atoms with Crippen LogP contribution >= 0.6 is 0 Å². The van der Waals surface area contributed by atoms with E-state index in [0.29, 0.717) is 6.04 Å². The zero-order valence-electron chi connectivity index (χ0n) is 9.45. The zero-order valence-corrected chi connectivity index (χ0v) is 9.45. The molecule has 0 unspecified atom stereocenters. The minimum absolute atomic E-state index is 0.707. The van der Waals surface area contributed by atoms with Crippen molar-refractivity contribution in [3.8, 4) is 0 Å². The average Bonchev–Trinajstić information content (AvgIpc) is 2.29. The summed E-state index contributed by atoms with van der Waals surface area (Å²) >= 11 is 0. The molecule has 1 saturated carbocycles. The van der Waals surface area contributed by atoms with E-state index in [1.807, 2.05) is 18.5 Å². The predicted molar refractivity (Wildman–Crippen MR) is 62.5 cm³/mol. The van der Waals surface area contributed by atoms with Crippen molar-refractivity contribution in [3.63, 3.8) is 0 Å². The Morgan fingerprint density at radius 1 is 1.40 bits per heavy atom. The Labute approximate surface area is 92.1 Å². The van der Waals surface area contributed by atoms with Gasteiger partial charge in [-0.3, -0.25) is 4.98 Å². The minimum atomic E-state index is 0.707. The molecule has 0 bridgehead atoms. The van der Waals surface area contributed by atoms with E-state index < -0.39 is 0 Å². The molecule has 1 aromatic rings. The molecule has 1 N–H and O–H groups in total. The van der Waals surface area contributed by atoms with Crippen molar-refractivity contribution >= 4 is 0 Å². The van der Waals surface area contributed by atoms with Gasteiger partial charge in [0.15, 0.2) is 0 Å². The molecule has 82 valence electrons. The van der Waals surface area contributed by atoms with Gasteiger partial charge < -0.3 is 5.32 Å². The van der Waals surface area contributed by atoms with Gasteiger partial charge in [0.05, 0.1) is 0 Å². The van der Waals surface area contributed by atoms with Crippen molar-refractivity contribution in [3.05, 3.63) is 30.1 Å². The number of hydrogen-bond donors (Lipinski definition) is 1. The summed E-state index contributed by atoms with van der Waals surface area (Å²) in [5, 5.41) is 3.65. The molecule has 2 rings (SSSR count). The first-order valence-electron chi connectivity index (χ1n) is 5.98. The minimum Gasteiger partial charge on any atom is -0.310 e.